The van der Waals surface area contributed by atoms with Crippen molar-refractivity contribution in [2.24, 2.45) is 0 Å². The van der Waals surface area contributed by atoms with Crippen LogP contribution in [0.4, 0.5) is 0 Å². The van der Waals surface area contributed by atoms with Crippen molar-refractivity contribution in [3.8, 4) is 0 Å². The molecule has 1 heterocycles. The van der Waals surface area contributed by atoms with Crippen molar-refractivity contribution >= 4 is 5.91 Å². The number of carbonyl (C=O) groups excluding carboxylic acids is 1. The molecule has 0 radical (unpaired) electrons. The lowest BCUT2D eigenvalue weighted by Gasteiger charge is -2.26. The van der Waals surface area contributed by atoms with Crippen LogP contribution in [0.25, 0.3) is 0 Å². The van der Waals surface area contributed by atoms with Crippen molar-refractivity contribution in [2.75, 3.05) is 19.6 Å². The summed E-state index contributed by atoms with van der Waals surface area (Å²) in [5, 5.41) is 3.59. The lowest BCUT2D eigenvalue weighted by molar-refractivity contribution is -0.128. The number of rotatable bonds is 6. The van der Waals surface area contributed by atoms with Gasteiger partial charge in [0.1, 0.15) is 0 Å². The maximum absolute atomic E-state index is 11.8. The van der Waals surface area contributed by atoms with Crippen LogP contribution in [0.3, 0.4) is 0 Å². The third kappa shape index (κ3) is 3.83. The highest BCUT2D eigenvalue weighted by Crippen LogP contribution is 2.21. The van der Waals surface area contributed by atoms with Gasteiger partial charge in [0, 0.05) is 25.6 Å². The first-order valence-electron chi connectivity index (χ1n) is 7.69. The van der Waals surface area contributed by atoms with E-state index in [4.69, 9.17) is 0 Å². The number of amides is 1. The van der Waals surface area contributed by atoms with Gasteiger partial charge in [0.2, 0.25) is 5.91 Å². The molecule has 3 nitrogen and oxygen atoms in total. The Balaban J connectivity index is 2.15. The van der Waals surface area contributed by atoms with E-state index in [-0.39, 0.29) is 6.04 Å². The molecule has 1 aliphatic heterocycles. The molecule has 20 heavy (non-hydrogen) atoms. The molecule has 1 aromatic rings. The SMILES string of the molecule is CCCNC(CN1CCCC1=O)c1cc(C)cc(C)c1. The highest BCUT2D eigenvalue weighted by molar-refractivity contribution is 5.78. The molecule has 1 amide bonds. The number of aryl methyl sites for hydroxylation is 2. The number of nitrogens with one attached hydrogen (secondary N) is 1. The second kappa shape index (κ2) is 6.89. The predicted octanol–water partition coefficient (Wildman–Crippen LogP) is 2.97. The summed E-state index contributed by atoms with van der Waals surface area (Å²) in [5.74, 6) is 0.303. The Kier molecular flexibility index (Phi) is 5.18. The van der Waals surface area contributed by atoms with Crippen LogP contribution < -0.4 is 5.32 Å². The van der Waals surface area contributed by atoms with E-state index in [9.17, 15) is 4.79 Å². The predicted molar refractivity (Wildman–Crippen MR) is 82.8 cm³/mol. The molecule has 1 atom stereocenters. The third-order valence-corrected chi connectivity index (χ3v) is 3.86. The van der Waals surface area contributed by atoms with E-state index in [1.54, 1.807) is 0 Å². The molecule has 3 heteroatoms. The van der Waals surface area contributed by atoms with E-state index in [1.165, 1.54) is 16.7 Å². The fourth-order valence-electron chi connectivity index (χ4n) is 2.93. The maximum atomic E-state index is 11.8. The van der Waals surface area contributed by atoms with Gasteiger partial charge in [-0.15, -0.1) is 0 Å². The van der Waals surface area contributed by atoms with Gasteiger partial charge in [-0.2, -0.15) is 0 Å². The van der Waals surface area contributed by atoms with Crippen LogP contribution in [0, 0.1) is 13.8 Å². The zero-order valence-electron chi connectivity index (χ0n) is 12.9. The minimum Gasteiger partial charge on any atom is -0.341 e. The molecule has 1 unspecified atom stereocenters. The van der Waals surface area contributed by atoms with Gasteiger partial charge < -0.3 is 10.2 Å². The van der Waals surface area contributed by atoms with E-state index in [1.807, 2.05) is 4.90 Å². The van der Waals surface area contributed by atoms with Crippen LogP contribution in [-0.4, -0.2) is 30.4 Å². The first-order chi connectivity index (χ1) is 9.60. The van der Waals surface area contributed by atoms with Gasteiger partial charge in [0.25, 0.3) is 0 Å². The molecule has 1 aliphatic rings. The number of nitrogens with zero attached hydrogens (tertiary/aromatic N) is 1. The lowest BCUT2D eigenvalue weighted by atomic mass is 10.0. The first kappa shape index (κ1) is 15.0. The normalized spacial score (nSPS) is 16.8. The van der Waals surface area contributed by atoms with Gasteiger partial charge in [0.15, 0.2) is 0 Å². The zero-order valence-corrected chi connectivity index (χ0v) is 12.9. The summed E-state index contributed by atoms with van der Waals surface area (Å²) in [5.41, 5.74) is 3.88. The highest BCUT2D eigenvalue weighted by atomic mass is 16.2. The second-order valence-corrected chi connectivity index (χ2v) is 5.87. The molecule has 1 N–H and O–H groups in total. The number of hydrogen-bond acceptors (Lipinski definition) is 2. The summed E-state index contributed by atoms with van der Waals surface area (Å²) >= 11 is 0. The Morgan fingerprint density at radius 3 is 2.50 bits per heavy atom. The summed E-state index contributed by atoms with van der Waals surface area (Å²) in [7, 11) is 0. The smallest absolute Gasteiger partial charge is 0.222 e. The van der Waals surface area contributed by atoms with E-state index in [0.29, 0.717) is 12.3 Å². The molecule has 0 spiro atoms. The van der Waals surface area contributed by atoms with Gasteiger partial charge in [-0.1, -0.05) is 36.2 Å². The summed E-state index contributed by atoms with van der Waals surface area (Å²) in [6.07, 6.45) is 2.83. The molecule has 0 aromatic heterocycles. The van der Waals surface area contributed by atoms with Gasteiger partial charge in [-0.3, -0.25) is 4.79 Å². The van der Waals surface area contributed by atoms with Gasteiger partial charge in [-0.05, 0) is 38.8 Å². The molecular weight excluding hydrogens is 248 g/mol. The largest absolute Gasteiger partial charge is 0.341 e. The minimum absolute atomic E-state index is 0.246. The van der Waals surface area contributed by atoms with Crippen molar-refractivity contribution in [1.29, 1.82) is 0 Å². The van der Waals surface area contributed by atoms with Gasteiger partial charge in [-0.25, -0.2) is 0 Å². The Bertz CT molecular complexity index is 450. The van der Waals surface area contributed by atoms with Crippen molar-refractivity contribution in [3.05, 3.63) is 34.9 Å². The monoisotopic (exact) mass is 274 g/mol. The van der Waals surface area contributed by atoms with Crippen molar-refractivity contribution in [1.82, 2.24) is 10.2 Å². The van der Waals surface area contributed by atoms with Crippen LogP contribution in [-0.2, 0) is 4.79 Å². The standard InChI is InChI=1S/C17H26N2O/c1-4-7-18-16(12-19-8-5-6-17(19)20)15-10-13(2)9-14(3)11-15/h9-11,16,18H,4-8,12H2,1-3H3. The minimum atomic E-state index is 0.246. The van der Waals surface area contributed by atoms with Crippen molar-refractivity contribution < 1.29 is 4.79 Å². The van der Waals surface area contributed by atoms with E-state index in [0.717, 1.165) is 32.5 Å². The van der Waals surface area contributed by atoms with Crippen molar-refractivity contribution in [2.45, 2.75) is 46.1 Å². The maximum Gasteiger partial charge on any atom is 0.222 e. The molecule has 1 fully saturated rings. The molecule has 0 saturated carbocycles. The molecular formula is C17H26N2O. The third-order valence-electron chi connectivity index (χ3n) is 3.86. The average molecular weight is 274 g/mol. The fraction of sp³-hybridized carbons (Fsp3) is 0.588. The Labute approximate surface area is 122 Å². The molecule has 0 bridgehead atoms. The molecule has 0 aliphatic carbocycles. The van der Waals surface area contributed by atoms with Gasteiger partial charge >= 0.3 is 0 Å². The quantitative estimate of drug-likeness (QED) is 0.865. The molecule has 1 saturated heterocycles. The van der Waals surface area contributed by atoms with Crippen molar-refractivity contribution in [3.63, 3.8) is 0 Å². The number of carbonyl (C=O) groups is 1. The van der Waals surface area contributed by atoms with Crippen LogP contribution in [0.2, 0.25) is 0 Å². The van der Waals surface area contributed by atoms with E-state index < -0.39 is 0 Å². The van der Waals surface area contributed by atoms with Crippen LogP contribution >= 0.6 is 0 Å². The number of hydrogen-bond donors (Lipinski definition) is 1. The average Bonchev–Trinajstić information content (AvgIpc) is 2.78. The Morgan fingerprint density at radius 1 is 1.25 bits per heavy atom. The second-order valence-electron chi connectivity index (χ2n) is 5.87. The van der Waals surface area contributed by atoms with E-state index in [2.05, 4.69) is 44.3 Å². The summed E-state index contributed by atoms with van der Waals surface area (Å²) in [6.45, 7) is 9.13. The number of benzene rings is 1. The fourth-order valence-corrected chi connectivity index (χ4v) is 2.93. The highest BCUT2D eigenvalue weighted by Gasteiger charge is 2.24. The molecule has 1 aromatic carbocycles. The summed E-state index contributed by atoms with van der Waals surface area (Å²) < 4.78 is 0. The van der Waals surface area contributed by atoms with Crippen LogP contribution in [0.5, 0.6) is 0 Å². The lowest BCUT2D eigenvalue weighted by Crippen LogP contribution is -2.36. The zero-order chi connectivity index (χ0) is 14.5. The Morgan fingerprint density at radius 2 is 1.95 bits per heavy atom. The summed E-state index contributed by atoms with van der Waals surface area (Å²) in [6, 6.07) is 6.92. The summed E-state index contributed by atoms with van der Waals surface area (Å²) in [4.78, 5) is 13.9. The topological polar surface area (TPSA) is 32.3 Å². The molecule has 110 valence electrons. The van der Waals surface area contributed by atoms with E-state index >= 15 is 0 Å². The number of likely N-dealkylation sites (tertiary alicyclic amines) is 1. The Hall–Kier alpha value is -1.35. The van der Waals surface area contributed by atoms with Gasteiger partial charge in [0.05, 0.1) is 0 Å². The van der Waals surface area contributed by atoms with Crippen LogP contribution in [0.15, 0.2) is 18.2 Å². The molecule has 2 rings (SSSR count). The first-order valence-corrected chi connectivity index (χ1v) is 7.69. The van der Waals surface area contributed by atoms with Crippen LogP contribution in [0.1, 0.15) is 48.9 Å².